The Hall–Kier alpha value is -2.20. The molecule has 0 aromatic heterocycles. The number of likely N-dealkylation sites (tertiary alicyclic amines) is 1. The van der Waals surface area contributed by atoms with Crippen LogP contribution in [0, 0.1) is 11.2 Å². The number of hydrogen-bond acceptors (Lipinski definition) is 2. The lowest BCUT2D eigenvalue weighted by molar-refractivity contribution is 0.0553. The predicted octanol–water partition coefficient (Wildman–Crippen LogP) is 3.71. The zero-order valence-corrected chi connectivity index (χ0v) is 14.3. The minimum atomic E-state index is -0.249. The third-order valence-electron chi connectivity index (χ3n) is 5.57. The fourth-order valence-corrected chi connectivity index (χ4v) is 4.18. The summed E-state index contributed by atoms with van der Waals surface area (Å²) in [6, 6.07) is 14.0. The van der Waals surface area contributed by atoms with Crippen LogP contribution in [0.15, 0.2) is 48.5 Å². The zero-order valence-electron chi connectivity index (χ0n) is 14.3. The van der Waals surface area contributed by atoms with E-state index in [1.807, 2.05) is 35.2 Å². The summed E-state index contributed by atoms with van der Waals surface area (Å²) in [4.78, 5) is 14.9. The minimum absolute atomic E-state index is 0.108. The Morgan fingerprint density at radius 3 is 2.64 bits per heavy atom. The summed E-state index contributed by atoms with van der Waals surface area (Å²) in [6.07, 6.45) is 3.45. The molecule has 4 heteroatoms. The van der Waals surface area contributed by atoms with Gasteiger partial charge in [0.05, 0.1) is 0 Å². The average molecular weight is 338 g/mol. The van der Waals surface area contributed by atoms with Crippen molar-refractivity contribution in [2.24, 2.45) is 5.41 Å². The summed E-state index contributed by atoms with van der Waals surface area (Å²) in [6.45, 7) is 3.77. The quantitative estimate of drug-likeness (QED) is 0.905. The lowest BCUT2D eigenvalue weighted by atomic mass is 9.79. The van der Waals surface area contributed by atoms with Crippen LogP contribution in [0.3, 0.4) is 0 Å². The molecule has 2 saturated heterocycles. The van der Waals surface area contributed by atoms with E-state index in [0.29, 0.717) is 5.56 Å². The summed E-state index contributed by atoms with van der Waals surface area (Å²) < 4.78 is 13.4. The molecule has 0 radical (unpaired) electrons. The van der Waals surface area contributed by atoms with Crippen LogP contribution in [0.1, 0.15) is 29.6 Å². The summed E-state index contributed by atoms with van der Waals surface area (Å²) in [5, 5.41) is 3.44. The van der Waals surface area contributed by atoms with Crippen molar-refractivity contribution in [3.05, 3.63) is 59.9 Å². The van der Waals surface area contributed by atoms with Crippen LogP contribution >= 0.6 is 0 Å². The standard InChI is InChI=1S/C21H23FN2O/c22-19-4-1-3-18(13-19)16-5-7-17(8-6-16)20(25)24-12-2-9-21(15-24)10-11-23-14-21/h1,3-8,13,23H,2,9-12,14-15H2/t21-/m1/s1. The van der Waals surface area contributed by atoms with Crippen LogP contribution in [-0.2, 0) is 0 Å². The van der Waals surface area contributed by atoms with Crippen molar-refractivity contribution in [1.29, 1.82) is 0 Å². The van der Waals surface area contributed by atoms with Gasteiger partial charge in [0.15, 0.2) is 0 Å². The summed E-state index contributed by atoms with van der Waals surface area (Å²) in [5.74, 6) is -0.141. The number of carbonyl (C=O) groups excluding carboxylic acids is 1. The Morgan fingerprint density at radius 2 is 1.92 bits per heavy atom. The normalized spacial score (nSPS) is 23.2. The lowest BCUT2D eigenvalue weighted by Crippen LogP contribution is -2.47. The van der Waals surface area contributed by atoms with Crippen molar-refractivity contribution < 1.29 is 9.18 Å². The van der Waals surface area contributed by atoms with Gasteiger partial charge in [-0.3, -0.25) is 4.79 Å². The second kappa shape index (κ2) is 6.60. The van der Waals surface area contributed by atoms with Gasteiger partial charge in [0.2, 0.25) is 0 Å². The Labute approximate surface area is 147 Å². The van der Waals surface area contributed by atoms with Crippen molar-refractivity contribution in [1.82, 2.24) is 10.2 Å². The highest BCUT2D eigenvalue weighted by Gasteiger charge is 2.39. The van der Waals surface area contributed by atoms with Crippen LogP contribution < -0.4 is 5.32 Å². The zero-order chi connectivity index (χ0) is 17.3. The molecule has 0 saturated carbocycles. The van der Waals surface area contributed by atoms with Gasteiger partial charge in [-0.25, -0.2) is 4.39 Å². The van der Waals surface area contributed by atoms with E-state index in [-0.39, 0.29) is 17.1 Å². The van der Waals surface area contributed by atoms with E-state index in [2.05, 4.69) is 5.32 Å². The first kappa shape index (κ1) is 16.3. The molecule has 0 unspecified atom stereocenters. The topological polar surface area (TPSA) is 32.3 Å². The van der Waals surface area contributed by atoms with Gasteiger partial charge in [0.25, 0.3) is 5.91 Å². The molecule has 0 bridgehead atoms. The van der Waals surface area contributed by atoms with Crippen molar-refractivity contribution in [2.45, 2.75) is 19.3 Å². The van der Waals surface area contributed by atoms with E-state index in [1.165, 1.54) is 18.6 Å². The molecule has 25 heavy (non-hydrogen) atoms. The molecule has 4 rings (SSSR count). The minimum Gasteiger partial charge on any atom is -0.338 e. The number of piperidine rings is 1. The first-order valence-electron chi connectivity index (χ1n) is 9.01. The maximum Gasteiger partial charge on any atom is 0.253 e. The number of halogens is 1. The van der Waals surface area contributed by atoms with Gasteiger partial charge >= 0.3 is 0 Å². The van der Waals surface area contributed by atoms with E-state index in [9.17, 15) is 9.18 Å². The fourth-order valence-electron chi connectivity index (χ4n) is 4.18. The van der Waals surface area contributed by atoms with E-state index in [0.717, 1.165) is 50.1 Å². The lowest BCUT2D eigenvalue weighted by Gasteiger charge is -2.40. The Balaban J connectivity index is 1.50. The first-order chi connectivity index (χ1) is 12.2. The van der Waals surface area contributed by atoms with Crippen LogP contribution in [0.25, 0.3) is 11.1 Å². The SMILES string of the molecule is O=C(c1ccc(-c2cccc(F)c2)cc1)N1CCC[C@]2(CCNC2)C1. The Bertz CT molecular complexity index is 766. The van der Waals surface area contributed by atoms with E-state index >= 15 is 0 Å². The van der Waals surface area contributed by atoms with E-state index in [1.54, 1.807) is 6.07 Å². The summed E-state index contributed by atoms with van der Waals surface area (Å²) in [5.41, 5.74) is 2.73. The third-order valence-corrected chi connectivity index (χ3v) is 5.57. The van der Waals surface area contributed by atoms with Crippen molar-refractivity contribution in [2.75, 3.05) is 26.2 Å². The number of nitrogens with one attached hydrogen (secondary N) is 1. The van der Waals surface area contributed by atoms with Crippen molar-refractivity contribution in [3.63, 3.8) is 0 Å². The highest BCUT2D eigenvalue weighted by molar-refractivity contribution is 5.94. The van der Waals surface area contributed by atoms with Gasteiger partial charge in [-0.2, -0.15) is 0 Å². The molecule has 1 amide bonds. The number of benzene rings is 2. The van der Waals surface area contributed by atoms with Crippen LogP contribution in [0.4, 0.5) is 4.39 Å². The molecule has 2 aromatic rings. The highest BCUT2D eigenvalue weighted by atomic mass is 19.1. The Morgan fingerprint density at radius 1 is 1.08 bits per heavy atom. The number of carbonyl (C=O) groups is 1. The van der Waals surface area contributed by atoms with Crippen LogP contribution in [0.2, 0.25) is 0 Å². The number of hydrogen-bond donors (Lipinski definition) is 1. The molecule has 1 atom stereocenters. The van der Waals surface area contributed by atoms with Crippen LogP contribution in [-0.4, -0.2) is 37.0 Å². The van der Waals surface area contributed by atoms with Crippen molar-refractivity contribution in [3.8, 4) is 11.1 Å². The molecule has 1 N–H and O–H groups in total. The predicted molar refractivity (Wildman–Crippen MR) is 96.9 cm³/mol. The smallest absolute Gasteiger partial charge is 0.253 e. The third kappa shape index (κ3) is 3.31. The maximum absolute atomic E-state index is 13.4. The van der Waals surface area contributed by atoms with Gasteiger partial charge in [0.1, 0.15) is 5.82 Å². The second-order valence-electron chi connectivity index (χ2n) is 7.34. The van der Waals surface area contributed by atoms with Gasteiger partial charge in [-0.05, 0) is 61.2 Å². The molecule has 1 spiro atoms. The van der Waals surface area contributed by atoms with E-state index in [4.69, 9.17) is 0 Å². The van der Waals surface area contributed by atoms with Gasteiger partial charge in [-0.1, -0.05) is 24.3 Å². The molecule has 0 aliphatic carbocycles. The largest absolute Gasteiger partial charge is 0.338 e. The molecule has 130 valence electrons. The molecule has 3 nitrogen and oxygen atoms in total. The Kier molecular flexibility index (Phi) is 4.30. The number of rotatable bonds is 2. The molecule has 2 aliphatic heterocycles. The van der Waals surface area contributed by atoms with Gasteiger partial charge in [0, 0.05) is 30.6 Å². The number of amides is 1. The first-order valence-corrected chi connectivity index (χ1v) is 9.01. The van der Waals surface area contributed by atoms with Gasteiger partial charge in [-0.15, -0.1) is 0 Å². The van der Waals surface area contributed by atoms with Crippen LogP contribution in [0.5, 0.6) is 0 Å². The monoisotopic (exact) mass is 338 g/mol. The highest BCUT2D eigenvalue weighted by Crippen LogP contribution is 2.36. The number of nitrogens with zero attached hydrogens (tertiary/aromatic N) is 1. The summed E-state index contributed by atoms with van der Waals surface area (Å²) in [7, 11) is 0. The van der Waals surface area contributed by atoms with E-state index < -0.39 is 0 Å². The van der Waals surface area contributed by atoms with Crippen molar-refractivity contribution >= 4 is 5.91 Å². The second-order valence-corrected chi connectivity index (χ2v) is 7.34. The molecular formula is C21H23FN2O. The fraction of sp³-hybridized carbons (Fsp3) is 0.381. The molecule has 2 aliphatic rings. The summed E-state index contributed by atoms with van der Waals surface area (Å²) >= 11 is 0. The maximum atomic E-state index is 13.4. The molecule has 2 fully saturated rings. The molecular weight excluding hydrogens is 315 g/mol. The molecule has 2 heterocycles. The van der Waals surface area contributed by atoms with Gasteiger partial charge < -0.3 is 10.2 Å². The average Bonchev–Trinajstić information content (AvgIpc) is 3.09. The molecule has 2 aromatic carbocycles.